The molecule has 0 spiro atoms. The van der Waals surface area contributed by atoms with Gasteiger partial charge >= 0.3 is 0 Å². The summed E-state index contributed by atoms with van der Waals surface area (Å²) >= 11 is 0. The molecule has 0 N–H and O–H groups in total. The van der Waals surface area contributed by atoms with Gasteiger partial charge < -0.3 is 4.74 Å². The largest absolute Gasteiger partial charge is 0.494 e. The Bertz CT molecular complexity index is 1480. The van der Waals surface area contributed by atoms with Gasteiger partial charge in [0.15, 0.2) is 0 Å². The lowest BCUT2D eigenvalue weighted by atomic mass is 10.0. The van der Waals surface area contributed by atoms with Crippen LogP contribution in [0.1, 0.15) is 18.1 Å². The number of nitrogens with zero attached hydrogens (tertiary/aromatic N) is 3. The number of hydrogen-bond acceptors (Lipinski definition) is 5. The zero-order valence-corrected chi connectivity index (χ0v) is 19.7. The molecule has 0 aliphatic heterocycles. The van der Waals surface area contributed by atoms with Crippen LogP contribution in [0.5, 0.6) is 5.75 Å². The predicted molar refractivity (Wildman–Crippen MR) is 132 cm³/mol. The third kappa shape index (κ3) is 4.63. The third-order valence-electron chi connectivity index (χ3n) is 5.25. The number of aromatic nitrogens is 2. The second kappa shape index (κ2) is 9.77. The first-order valence-corrected chi connectivity index (χ1v) is 12.2. The van der Waals surface area contributed by atoms with Gasteiger partial charge in [0, 0.05) is 17.3 Å². The molecule has 0 saturated carbocycles. The van der Waals surface area contributed by atoms with Crippen LogP contribution in [-0.2, 0) is 9.84 Å². The molecule has 0 aliphatic rings. The molecular formula is C27H23N3O3S. The van der Waals surface area contributed by atoms with Crippen molar-refractivity contribution in [3.05, 3.63) is 101 Å². The minimum atomic E-state index is -3.98. The van der Waals surface area contributed by atoms with Crippen LogP contribution in [0, 0.1) is 18.3 Å². The average molecular weight is 470 g/mol. The lowest BCUT2D eigenvalue weighted by molar-refractivity contribution is 0.338. The molecule has 3 aromatic carbocycles. The maximum Gasteiger partial charge on any atom is 0.216 e. The summed E-state index contributed by atoms with van der Waals surface area (Å²) in [5.41, 5.74) is 3.61. The van der Waals surface area contributed by atoms with Crippen LogP contribution >= 0.6 is 0 Å². The maximum absolute atomic E-state index is 13.1. The van der Waals surface area contributed by atoms with E-state index >= 15 is 0 Å². The number of hydrogen-bond donors (Lipinski definition) is 0. The van der Waals surface area contributed by atoms with Crippen LogP contribution in [0.25, 0.3) is 23.0 Å². The van der Waals surface area contributed by atoms with Gasteiger partial charge in [-0.3, -0.25) is 0 Å². The number of para-hydroxylation sites is 1. The van der Waals surface area contributed by atoms with Crippen molar-refractivity contribution >= 4 is 15.9 Å². The summed E-state index contributed by atoms with van der Waals surface area (Å²) in [5, 5.41) is 14.5. The molecule has 34 heavy (non-hydrogen) atoms. The lowest BCUT2D eigenvalue weighted by Crippen LogP contribution is -2.03. The number of benzene rings is 3. The van der Waals surface area contributed by atoms with Crippen molar-refractivity contribution in [1.82, 2.24) is 9.78 Å². The number of allylic oxidation sites excluding steroid dienone is 1. The molecular weight excluding hydrogens is 446 g/mol. The molecule has 0 bridgehead atoms. The highest BCUT2D eigenvalue weighted by molar-refractivity contribution is 7.95. The maximum atomic E-state index is 13.1. The molecule has 1 heterocycles. The van der Waals surface area contributed by atoms with Gasteiger partial charge in [-0.15, -0.1) is 0 Å². The Hall–Kier alpha value is -4.15. The van der Waals surface area contributed by atoms with Gasteiger partial charge in [0.1, 0.15) is 22.4 Å². The molecule has 6 nitrogen and oxygen atoms in total. The summed E-state index contributed by atoms with van der Waals surface area (Å²) in [5.74, 6) is 0.773. The Balaban J connectivity index is 1.88. The Morgan fingerprint density at radius 2 is 1.74 bits per heavy atom. The number of ether oxygens (including phenoxy) is 1. The summed E-state index contributed by atoms with van der Waals surface area (Å²) in [7, 11) is -3.98. The van der Waals surface area contributed by atoms with Crippen molar-refractivity contribution < 1.29 is 13.2 Å². The van der Waals surface area contributed by atoms with E-state index in [0.29, 0.717) is 17.9 Å². The SMILES string of the molecule is CCOc1ccc(-c2nn(-c3ccccc3)cc2/C=C(/C#N)S(=O)(=O)c2ccccc2)cc1C. The van der Waals surface area contributed by atoms with Gasteiger partial charge in [-0.25, -0.2) is 13.1 Å². The molecule has 0 fully saturated rings. The van der Waals surface area contributed by atoms with Gasteiger partial charge in [0.2, 0.25) is 9.84 Å². The fourth-order valence-electron chi connectivity index (χ4n) is 3.58. The minimum absolute atomic E-state index is 0.0664. The van der Waals surface area contributed by atoms with Crippen LogP contribution < -0.4 is 4.74 Å². The highest BCUT2D eigenvalue weighted by Gasteiger charge is 2.22. The average Bonchev–Trinajstić information content (AvgIpc) is 3.29. The molecule has 4 aromatic rings. The summed E-state index contributed by atoms with van der Waals surface area (Å²) < 4.78 is 33.6. The van der Waals surface area contributed by atoms with Crippen molar-refractivity contribution in [2.45, 2.75) is 18.7 Å². The van der Waals surface area contributed by atoms with E-state index in [2.05, 4.69) is 0 Å². The smallest absolute Gasteiger partial charge is 0.216 e. The minimum Gasteiger partial charge on any atom is -0.494 e. The highest BCUT2D eigenvalue weighted by atomic mass is 32.2. The summed E-state index contributed by atoms with van der Waals surface area (Å²) in [6.07, 6.45) is 3.12. The molecule has 0 amide bonds. The van der Waals surface area contributed by atoms with Crippen molar-refractivity contribution in [2.24, 2.45) is 0 Å². The van der Waals surface area contributed by atoms with E-state index in [1.54, 1.807) is 29.1 Å². The van der Waals surface area contributed by atoms with E-state index in [1.165, 1.54) is 18.2 Å². The fourth-order valence-corrected chi connectivity index (χ4v) is 4.75. The van der Waals surface area contributed by atoms with Crippen molar-refractivity contribution in [3.63, 3.8) is 0 Å². The zero-order chi connectivity index (χ0) is 24.1. The first-order valence-electron chi connectivity index (χ1n) is 10.7. The van der Waals surface area contributed by atoms with E-state index < -0.39 is 9.84 Å². The Morgan fingerprint density at radius 1 is 1.06 bits per heavy atom. The second-order valence-electron chi connectivity index (χ2n) is 7.56. The van der Waals surface area contributed by atoms with Crippen molar-refractivity contribution in [3.8, 4) is 28.8 Å². The van der Waals surface area contributed by atoms with Gasteiger partial charge in [0.25, 0.3) is 0 Å². The first-order chi connectivity index (χ1) is 16.4. The van der Waals surface area contributed by atoms with Crippen LogP contribution in [0.3, 0.4) is 0 Å². The van der Waals surface area contributed by atoms with Gasteiger partial charge in [-0.1, -0.05) is 36.4 Å². The Morgan fingerprint density at radius 3 is 2.35 bits per heavy atom. The number of nitriles is 1. The summed E-state index contributed by atoms with van der Waals surface area (Å²) in [6.45, 7) is 4.42. The van der Waals surface area contributed by atoms with Gasteiger partial charge in [0.05, 0.1) is 17.2 Å². The van der Waals surface area contributed by atoms with Crippen LogP contribution in [0.4, 0.5) is 0 Å². The summed E-state index contributed by atoms with van der Waals surface area (Å²) in [6, 6.07) is 25.0. The zero-order valence-electron chi connectivity index (χ0n) is 18.8. The number of aryl methyl sites for hydroxylation is 1. The molecule has 0 unspecified atom stereocenters. The Labute approximate surface area is 199 Å². The monoisotopic (exact) mass is 469 g/mol. The number of sulfone groups is 1. The van der Waals surface area contributed by atoms with Crippen molar-refractivity contribution in [1.29, 1.82) is 5.26 Å². The third-order valence-corrected chi connectivity index (χ3v) is 6.93. The van der Waals surface area contributed by atoms with Gasteiger partial charge in [-0.2, -0.15) is 10.4 Å². The molecule has 4 rings (SSSR count). The first kappa shape index (κ1) is 23.0. The normalized spacial score (nSPS) is 11.7. The molecule has 0 saturated heterocycles. The summed E-state index contributed by atoms with van der Waals surface area (Å²) in [4.78, 5) is -0.285. The quantitative estimate of drug-likeness (QED) is 0.330. The fraction of sp³-hybridized carbons (Fsp3) is 0.111. The van der Waals surface area contributed by atoms with E-state index in [-0.39, 0.29) is 9.80 Å². The standard InChI is InChI=1S/C27H23N3O3S/c1-3-33-26-15-14-21(16-20(26)2)27-22(19-30(29-27)23-10-6-4-7-11-23)17-25(18-28)34(31,32)24-12-8-5-9-13-24/h4-17,19H,3H2,1-2H3/b25-17-. The molecule has 170 valence electrons. The molecule has 0 aliphatic carbocycles. The highest BCUT2D eigenvalue weighted by Crippen LogP contribution is 2.31. The molecule has 0 atom stereocenters. The number of rotatable bonds is 7. The van der Waals surface area contributed by atoms with E-state index in [4.69, 9.17) is 9.84 Å². The predicted octanol–water partition coefficient (Wildman–Crippen LogP) is 5.58. The van der Waals surface area contributed by atoms with Gasteiger partial charge in [-0.05, 0) is 68.0 Å². The van der Waals surface area contributed by atoms with E-state index in [0.717, 1.165) is 22.6 Å². The van der Waals surface area contributed by atoms with Crippen molar-refractivity contribution in [2.75, 3.05) is 6.61 Å². The van der Waals surface area contributed by atoms with Crippen LogP contribution in [0.15, 0.2) is 94.9 Å². The Kier molecular flexibility index (Phi) is 6.62. The topological polar surface area (TPSA) is 85.0 Å². The van der Waals surface area contributed by atoms with E-state index in [9.17, 15) is 13.7 Å². The van der Waals surface area contributed by atoms with E-state index in [1.807, 2.05) is 68.4 Å². The molecule has 7 heteroatoms. The lowest BCUT2D eigenvalue weighted by Gasteiger charge is -2.09. The molecule has 1 aromatic heterocycles. The second-order valence-corrected chi connectivity index (χ2v) is 9.48. The molecule has 0 radical (unpaired) electrons. The van der Waals surface area contributed by atoms with Crippen LogP contribution in [0.2, 0.25) is 0 Å². The van der Waals surface area contributed by atoms with Crippen LogP contribution in [-0.4, -0.2) is 24.8 Å².